The van der Waals surface area contributed by atoms with Crippen molar-refractivity contribution in [3.63, 3.8) is 0 Å². The summed E-state index contributed by atoms with van der Waals surface area (Å²) in [7, 11) is 1.43. The molecule has 0 saturated heterocycles. The molecule has 0 fully saturated rings. The minimum atomic E-state index is -1.56. The Morgan fingerprint density at radius 3 is 2.12 bits per heavy atom. The fourth-order valence-corrected chi connectivity index (χ4v) is 1.16. The third kappa shape index (κ3) is 4.24. The number of ether oxygens (including phenoxy) is 4. The summed E-state index contributed by atoms with van der Waals surface area (Å²) in [5.74, 6) is 0.794. The lowest BCUT2D eigenvalue weighted by atomic mass is 9.80. The van der Waals surface area contributed by atoms with Crippen molar-refractivity contribution < 1.29 is 29.0 Å². The van der Waals surface area contributed by atoms with Gasteiger partial charge in [-0.3, -0.25) is 0 Å². The van der Waals surface area contributed by atoms with Gasteiger partial charge in [0.15, 0.2) is 25.1 Å². The van der Waals surface area contributed by atoms with Gasteiger partial charge >= 0.3 is 7.12 Å². The van der Waals surface area contributed by atoms with Crippen molar-refractivity contribution in [2.24, 2.45) is 0 Å². The highest BCUT2D eigenvalue weighted by Crippen LogP contribution is 2.25. The van der Waals surface area contributed by atoms with Crippen molar-refractivity contribution in [1.82, 2.24) is 0 Å². The minimum Gasteiger partial charge on any atom is -0.464 e. The minimum absolute atomic E-state index is 0.0360. The standard InChI is InChI=1S/C10H15BO6/c1-14-6-16-9-4-3-8(11(12)13)5-10(9)17-7-15-2/h3-5,12-13H,6-7H2,1-2H3. The first-order chi connectivity index (χ1) is 8.19. The maximum absolute atomic E-state index is 9.04. The van der Waals surface area contributed by atoms with Gasteiger partial charge in [0, 0.05) is 14.2 Å². The monoisotopic (exact) mass is 242 g/mol. The summed E-state index contributed by atoms with van der Waals surface area (Å²) in [5, 5.41) is 18.1. The zero-order valence-corrected chi connectivity index (χ0v) is 9.75. The van der Waals surface area contributed by atoms with Crippen LogP contribution < -0.4 is 14.9 Å². The van der Waals surface area contributed by atoms with Crippen LogP contribution in [0.5, 0.6) is 11.5 Å². The summed E-state index contributed by atoms with van der Waals surface area (Å²) < 4.78 is 20.0. The maximum atomic E-state index is 9.04. The molecule has 0 atom stereocenters. The van der Waals surface area contributed by atoms with Crippen LogP contribution in [0.1, 0.15) is 0 Å². The Kier molecular flexibility index (Phi) is 5.78. The molecule has 94 valence electrons. The molecular weight excluding hydrogens is 227 g/mol. The Labute approximate surface area is 99.8 Å². The molecule has 0 heterocycles. The Bertz CT molecular complexity index is 344. The predicted molar refractivity (Wildman–Crippen MR) is 61.3 cm³/mol. The first-order valence-electron chi connectivity index (χ1n) is 4.92. The van der Waals surface area contributed by atoms with E-state index in [4.69, 9.17) is 29.0 Å². The molecule has 7 heteroatoms. The molecule has 0 aliphatic rings. The van der Waals surface area contributed by atoms with Crippen LogP contribution in [0.3, 0.4) is 0 Å². The van der Waals surface area contributed by atoms with Crippen molar-refractivity contribution >= 4 is 12.6 Å². The highest BCUT2D eigenvalue weighted by molar-refractivity contribution is 6.58. The van der Waals surface area contributed by atoms with Crippen LogP contribution in [-0.2, 0) is 9.47 Å². The van der Waals surface area contributed by atoms with Crippen LogP contribution in [0.25, 0.3) is 0 Å². The van der Waals surface area contributed by atoms with E-state index in [0.717, 1.165) is 0 Å². The summed E-state index contributed by atoms with van der Waals surface area (Å²) >= 11 is 0. The lowest BCUT2D eigenvalue weighted by molar-refractivity contribution is 0.0323. The fourth-order valence-electron chi connectivity index (χ4n) is 1.16. The normalized spacial score (nSPS) is 10.1. The molecule has 0 aliphatic heterocycles. The van der Waals surface area contributed by atoms with Crippen molar-refractivity contribution in [1.29, 1.82) is 0 Å². The lowest BCUT2D eigenvalue weighted by Gasteiger charge is -2.13. The molecule has 0 radical (unpaired) electrons. The number of hydrogen-bond acceptors (Lipinski definition) is 6. The first kappa shape index (κ1) is 13.8. The van der Waals surface area contributed by atoms with E-state index in [1.54, 1.807) is 6.07 Å². The summed E-state index contributed by atoms with van der Waals surface area (Å²) in [6.45, 7) is 0.110. The molecule has 0 unspecified atom stereocenters. The van der Waals surface area contributed by atoms with Gasteiger partial charge in [-0.15, -0.1) is 0 Å². The van der Waals surface area contributed by atoms with Crippen molar-refractivity contribution in [3.8, 4) is 11.5 Å². The Morgan fingerprint density at radius 2 is 1.59 bits per heavy atom. The second kappa shape index (κ2) is 7.13. The quantitative estimate of drug-likeness (QED) is 0.487. The molecule has 1 aromatic rings. The topological polar surface area (TPSA) is 77.4 Å². The molecule has 0 saturated carbocycles. The Hall–Kier alpha value is -1.28. The molecule has 0 aromatic heterocycles. The van der Waals surface area contributed by atoms with Crippen molar-refractivity contribution in [3.05, 3.63) is 18.2 Å². The van der Waals surface area contributed by atoms with Gasteiger partial charge in [-0.2, -0.15) is 0 Å². The zero-order valence-electron chi connectivity index (χ0n) is 9.75. The van der Waals surface area contributed by atoms with Gasteiger partial charge in [0.2, 0.25) is 0 Å². The highest BCUT2D eigenvalue weighted by Gasteiger charge is 2.15. The average molecular weight is 242 g/mol. The second-order valence-electron chi connectivity index (χ2n) is 3.18. The van der Waals surface area contributed by atoms with Gasteiger partial charge < -0.3 is 29.0 Å². The lowest BCUT2D eigenvalue weighted by Crippen LogP contribution is -2.29. The average Bonchev–Trinajstić information content (AvgIpc) is 2.34. The van der Waals surface area contributed by atoms with Gasteiger partial charge in [0.25, 0.3) is 0 Å². The molecule has 2 N–H and O–H groups in total. The zero-order chi connectivity index (χ0) is 12.7. The molecular formula is C10H15BO6. The van der Waals surface area contributed by atoms with Crippen LogP contribution in [0.15, 0.2) is 18.2 Å². The first-order valence-corrected chi connectivity index (χ1v) is 4.92. The molecule has 0 amide bonds. The summed E-state index contributed by atoms with van der Waals surface area (Å²) in [6, 6.07) is 4.56. The predicted octanol–water partition coefficient (Wildman–Crippen LogP) is -0.668. The second-order valence-corrected chi connectivity index (χ2v) is 3.18. The third-order valence-corrected chi connectivity index (χ3v) is 1.93. The van der Waals surface area contributed by atoms with Crippen molar-refractivity contribution in [2.45, 2.75) is 0 Å². The van der Waals surface area contributed by atoms with Crippen LogP contribution in [0.2, 0.25) is 0 Å². The van der Waals surface area contributed by atoms with Gasteiger partial charge in [0.1, 0.15) is 0 Å². The van der Waals surface area contributed by atoms with E-state index in [-0.39, 0.29) is 13.6 Å². The van der Waals surface area contributed by atoms with Crippen LogP contribution >= 0.6 is 0 Å². The summed E-state index contributed by atoms with van der Waals surface area (Å²) in [4.78, 5) is 0. The van der Waals surface area contributed by atoms with Gasteiger partial charge in [-0.25, -0.2) is 0 Å². The molecule has 6 nitrogen and oxygen atoms in total. The number of hydrogen-bond donors (Lipinski definition) is 2. The van der Waals surface area contributed by atoms with Crippen LogP contribution in [-0.4, -0.2) is 45.0 Å². The SMILES string of the molecule is COCOc1ccc(B(O)O)cc1OCOC. The van der Waals surface area contributed by atoms with E-state index in [9.17, 15) is 0 Å². The van der Waals surface area contributed by atoms with Gasteiger partial charge in [0.05, 0.1) is 0 Å². The van der Waals surface area contributed by atoms with E-state index in [0.29, 0.717) is 17.0 Å². The van der Waals surface area contributed by atoms with Gasteiger partial charge in [-0.05, 0) is 17.6 Å². The van der Waals surface area contributed by atoms with E-state index in [1.165, 1.54) is 26.4 Å². The summed E-state index contributed by atoms with van der Waals surface area (Å²) in [6.07, 6.45) is 0. The summed E-state index contributed by atoms with van der Waals surface area (Å²) in [5.41, 5.74) is 0.306. The van der Waals surface area contributed by atoms with Crippen molar-refractivity contribution in [2.75, 3.05) is 27.8 Å². The smallest absolute Gasteiger partial charge is 0.464 e. The molecule has 1 aromatic carbocycles. The molecule has 0 spiro atoms. The number of benzene rings is 1. The van der Waals surface area contributed by atoms with E-state index < -0.39 is 7.12 Å². The maximum Gasteiger partial charge on any atom is 0.488 e. The van der Waals surface area contributed by atoms with E-state index >= 15 is 0 Å². The third-order valence-electron chi connectivity index (χ3n) is 1.93. The van der Waals surface area contributed by atoms with E-state index in [2.05, 4.69) is 0 Å². The molecule has 1 rings (SSSR count). The van der Waals surface area contributed by atoms with E-state index in [1.807, 2.05) is 0 Å². The molecule has 0 bridgehead atoms. The Morgan fingerprint density at radius 1 is 1.00 bits per heavy atom. The van der Waals surface area contributed by atoms with Gasteiger partial charge in [-0.1, -0.05) is 6.07 Å². The molecule has 17 heavy (non-hydrogen) atoms. The number of rotatable bonds is 7. The Balaban J connectivity index is 2.86. The molecule has 0 aliphatic carbocycles. The number of methoxy groups -OCH3 is 2. The largest absolute Gasteiger partial charge is 0.488 e. The fraction of sp³-hybridized carbons (Fsp3) is 0.400. The van der Waals surface area contributed by atoms with Crippen LogP contribution in [0.4, 0.5) is 0 Å². The highest BCUT2D eigenvalue weighted by atomic mass is 16.7. The van der Waals surface area contributed by atoms with Crippen LogP contribution in [0, 0.1) is 0 Å².